The summed E-state index contributed by atoms with van der Waals surface area (Å²) in [4.78, 5) is 16.6. The zero-order valence-electron chi connectivity index (χ0n) is 14.0. The number of amides is 1. The zero-order valence-corrected chi connectivity index (χ0v) is 14.0. The van der Waals surface area contributed by atoms with Gasteiger partial charge in [-0.3, -0.25) is 4.79 Å². The number of carbonyl (C=O) groups excluding carboxylic acids is 1. The number of rotatable bonds is 4. The molecule has 2 aromatic rings. The number of hydrogen-bond donors (Lipinski definition) is 0. The Hall–Kier alpha value is -2.18. The highest BCUT2D eigenvalue weighted by Gasteiger charge is 2.28. The third-order valence-electron chi connectivity index (χ3n) is 4.33. The van der Waals surface area contributed by atoms with Gasteiger partial charge in [-0.15, -0.1) is 15.3 Å². The third-order valence-corrected chi connectivity index (χ3v) is 4.33. The largest absolute Gasteiger partial charge is 0.355 e. The first-order valence-corrected chi connectivity index (χ1v) is 8.21. The molecule has 7 nitrogen and oxygen atoms in total. The first kappa shape index (κ1) is 15.7. The molecule has 124 valence electrons. The van der Waals surface area contributed by atoms with E-state index in [1.165, 1.54) is 0 Å². The van der Waals surface area contributed by atoms with Crippen LogP contribution in [0.5, 0.6) is 0 Å². The second-order valence-corrected chi connectivity index (χ2v) is 6.70. The molecule has 0 bridgehead atoms. The zero-order chi connectivity index (χ0) is 16.4. The molecular weight excluding hydrogens is 292 g/mol. The van der Waals surface area contributed by atoms with E-state index in [0.717, 1.165) is 43.9 Å². The fourth-order valence-electron chi connectivity index (χ4n) is 3.19. The summed E-state index contributed by atoms with van der Waals surface area (Å²) in [5.74, 6) is 1.83. The van der Waals surface area contributed by atoms with Gasteiger partial charge in [-0.1, -0.05) is 13.8 Å². The highest BCUT2D eigenvalue weighted by molar-refractivity contribution is 5.78. The van der Waals surface area contributed by atoms with Crippen LogP contribution in [0.25, 0.3) is 5.65 Å². The molecule has 0 N–H and O–H groups in total. The van der Waals surface area contributed by atoms with Crippen LogP contribution in [0.1, 0.15) is 26.7 Å². The summed E-state index contributed by atoms with van der Waals surface area (Å²) >= 11 is 0. The van der Waals surface area contributed by atoms with Crippen molar-refractivity contribution in [2.75, 3.05) is 31.6 Å². The smallest absolute Gasteiger partial charge is 0.225 e. The maximum absolute atomic E-state index is 12.5. The molecule has 1 fully saturated rings. The molecule has 1 saturated heterocycles. The van der Waals surface area contributed by atoms with E-state index in [2.05, 4.69) is 34.0 Å². The first-order valence-electron chi connectivity index (χ1n) is 8.21. The van der Waals surface area contributed by atoms with Crippen LogP contribution in [0.3, 0.4) is 0 Å². The summed E-state index contributed by atoms with van der Waals surface area (Å²) in [7, 11) is 1.91. The van der Waals surface area contributed by atoms with Crippen molar-refractivity contribution in [3.05, 3.63) is 18.5 Å². The molecule has 7 heteroatoms. The lowest BCUT2D eigenvalue weighted by atomic mass is 9.95. The van der Waals surface area contributed by atoms with Crippen LogP contribution in [0, 0.1) is 11.8 Å². The van der Waals surface area contributed by atoms with Crippen molar-refractivity contribution in [2.45, 2.75) is 26.7 Å². The van der Waals surface area contributed by atoms with Gasteiger partial charge < -0.3 is 9.80 Å². The van der Waals surface area contributed by atoms with Gasteiger partial charge in [0.1, 0.15) is 12.1 Å². The fraction of sp³-hybridized carbons (Fsp3) is 0.625. The van der Waals surface area contributed by atoms with Crippen LogP contribution >= 0.6 is 0 Å². The van der Waals surface area contributed by atoms with E-state index >= 15 is 0 Å². The summed E-state index contributed by atoms with van der Waals surface area (Å²) in [6.07, 6.45) is 3.36. The Kier molecular flexibility index (Phi) is 4.45. The van der Waals surface area contributed by atoms with Gasteiger partial charge in [-0.2, -0.15) is 4.52 Å². The van der Waals surface area contributed by atoms with Crippen molar-refractivity contribution in [1.29, 1.82) is 0 Å². The van der Waals surface area contributed by atoms with E-state index in [1.807, 2.05) is 24.1 Å². The minimum atomic E-state index is 0.133. The van der Waals surface area contributed by atoms with E-state index < -0.39 is 0 Å². The first-order chi connectivity index (χ1) is 11.0. The van der Waals surface area contributed by atoms with Crippen molar-refractivity contribution in [1.82, 2.24) is 24.7 Å². The lowest BCUT2D eigenvalue weighted by Gasteiger charge is -2.34. The lowest BCUT2D eigenvalue weighted by Crippen LogP contribution is -2.42. The Bertz CT molecular complexity index is 674. The topological polar surface area (TPSA) is 66.6 Å². The summed E-state index contributed by atoms with van der Waals surface area (Å²) in [5.41, 5.74) is 0.745. The van der Waals surface area contributed by atoms with E-state index in [4.69, 9.17) is 0 Å². The molecule has 3 rings (SSSR count). The molecule has 0 aliphatic carbocycles. The number of hydrogen-bond acceptors (Lipinski definition) is 5. The second kappa shape index (κ2) is 6.52. The number of anilines is 1. The maximum atomic E-state index is 12.5. The van der Waals surface area contributed by atoms with Gasteiger partial charge in [0, 0.05) is 32.6 Å². The molecule has 1 aliphatic heterocycles. The van der Waals surface area contributed by atoms with Gasteiger partial charge in [0.15, 0.2) is 5.65 Å². The predicted octanol–water partition coefficient (Wildman–Crippen LogP) is 1.46. The van der Waals surface area contributed by atoms with Crippen molar-refractivity contribution in [2.24, 2.45) is 11.8 Å². The number of nitrogens with zero attached hydrogens (tertiary/aromatic N) is 6. The summed E-state index contributed by atoms with van der Waals surface area (Å²) in [6.45, 7) is 6.81. The molecule has 0 aromatic carbocycles. The third kappa shape index (κ3) is 3.43. The molecule has 1 amide bonds. The van der Waals surface area contributed by atoms with Gasteiger partial charge in [-0.25, -0.2) is 0 Å². The molecule has 0 unspecified atom stereocenters. The number of piperidine rings is 1. The highest BCUT2D eigenvalue weighted by Crippen LogP contribution is 2.23. The summed E-state index contributed by atoms with van der Waals surface area (Å²) in [6, 6.07) is 3.89. The minimum Gasteiger partial charge on any atom is -0.355 e. The molecular formula is C16H24N6O. The van der Waals surface area contributed by atoms with Gasteiger partial charge in [-0.05, 0) is 30.9 Å². The Balaban J connectivity index is 1.60. The molecule has 2 aromatic heterocycles. The van der Waals surface area contributed by atoms with Gasteiger partial charge in [0.25, 0.3) is 0 Å². The van der Waals surface area contributed by atoms with Crippen LogP contribution in [0.2, 0.25) is 0 Å². The Labute approximate surface area is 136 Å². The molecule has 3 heterocycles. The van der Waals surface area contributed by atoms with E-state index in [0.29, 0.717) is 5.92 Å². The molecule has 23 heavy (non-hydrogen) atoms. The molecule has 0 saturated carbocycles. The van der Waals surface area contributed by atoms with Gasteiger partial charge in [0.2, 0.25) is 5.91 Å². The van der Waals surface area contributed by atoms with Crippen LogP contribution < -0.4 is 4.90 Å². The van der Waals surface area contributed by atoms with Gasteiger partial charge in [0.05, 0.1) is 0 Å². The molecule has 1 aliphatic rings. The predicted molar refractivity (Wildman–Crippen MR) is 88.2 cm³/mol. The van der Waals surface area contributed by atoms with Gasteiger partial charge >= 0.3 is 0 Å². The minimum absolute atomic E-state index is 0.133. The Morgan fingerprint density at radius 1 is 1.35 bits per heavy atom. The van der Waals surface area contributed by atoms with E-state index in [1.54, 1.807) is 10.8 Å². The standard InChI is InChI=1S/C16H24N6O/c1-12(2)10-20(3)16(23)13-6-8-21(9-7-13)15-5-4-14-18-17-11-22(14)19-15/h4-5,11-13H,6-10H2,1-3H3. The maximum Gasteiger partial charge on any atom is 0.225 e. The fourth-order valence-corrected chi connectivity index (χ4v) is 3.19. The van der Waals surface area contributed by atoms with Crippen LogP contribution in [-0.2, 0) is 4.79 Å². The van der Waals surface area contributed by atoms with Crippen LogP contribution in [0.15, 0.2) is 18.5 Å². The van der Waals surface area contributed by atoms with Crippen LogP contribution in [0.4, 0.5) is 5.82 Å². The normalized spacial score (nSPS) is 16.3. The molecule has 0 atom stereocenters. The SMILES string of the molecule is CC(C)CN(C)C(=O)C1CCN(c2ccc3nncn3n2)CC1. The second-order valence-electron chi connectivity index (χ2n) is 6.70. The average molecular weight is 316 g/mol. The summed E-state index contributed by atoms with van der Waals surface area (Å²) < 4.78 is 1.68. The van der Waals surface area contributed by atoms with Crippen molar-refractivity contribution >= 4 is 17.4 Å². The number of aromatic nitrogens is 4. The number of carbonyl (C=O) groups is 1. The van der Waals surface area contributed by atoms with Crippen molar-refractivity contribution < 1.29 is 4.79 Å². The molecule has 0 spiro atoms. The number of fused-ring (bicyclic) bond motifs is 1. The Morgan fingerprint density at radius 3 is 2.78 bits per heavy atom. The van der Waals surface area contributed by atoms with E-state index in [9.17, 15) is 4.79 Å². The molecule has 0 radical (unpaired) electrons. The Morgan fingerprint density at radius 2 is 2.09 bits per heavy atom. The quantitative estimate of drug-likeness (QED) is 0.854. The van der Waals surface area contributed by atoms with Crippen molar-refractivity contribution in [3.8, 4) is 0 Å². The van der Waals surface area contributed by atoms with Crippen molar-refractivity contribution in [3.63, 3.8) is 0 Å². The highest BCUT2D eigenvalue weighted by atomic mass is 16.2. The van der Waals surface area contributed by atoms with E-state index in [-0.39, 0.29) is 11.8 Å². The summed E-state index contributed by atoms with van der Waals surface area (Å²) in [5, 5.41) is 12.3. The average Bonchev–Trinajstić information content (AvgIpc) is 3.01. The monoisotopic (exact) mass is 316 g/mol. The van der Waals surface area contributed by atoms with Crippen LogP contribution in [-0.4, -0.2) is 57.3 Å². The lowest BCUT2D eigenvalue weighted by molar-refractivity contribution is -0.135.